The van der Waals surface area contributed by atoms with Gasteiger partial charge in [0.1, 0.15) is 18.3 Å². The number of carbonyl (C=O) groups is 2. The van der Waals surface area contributed by atoms with Gasteiger partial charge in [-0.3, -0.25) is 13.9 Å². The number of carbonyl (C=O) groups excluding carboxylic acids is 2. The van der Waals surface area contributed by atoms with Crippen molar-refractivity contribution >= 4 is 39.1 Å². The summed E-state index contributed by atoms with van der Waals surface area (Å²) >= 11 is 6.45. The Morgan fingerprint density at radius 3 is 2.27 bits per heavy atom. The van der Waals surface area contributed by atoms with Crippen LogP contribution < -0.4 is 14.4 Å². The first-order valence-corrected chi connectivity index (χ1v) is 15.5. The van der Waals surface area contributed by atoms with Crippen LogP contribution >= 0.6 is 11.6 Å². The third-order valence-corrected chi connectivity index (χ3v) is 8.90. The molecule has 0 unspecified atom stereocenters. The largest absolute Gasteiger partial charge is 0.495 e. The molecule has 8 nitrogen and oxygen atoms in total. The van der Waals surface area contributed by atoms with Gasteiger partial charge in [0.15, 0.2) is 0 Å². The number of halogens is 1. The summed E-state index contributed by atoms with van der Waals surface area (Å²) in [5.41, 5.74) is 1.75. The minimum Gasteiger partial charge on any atom is -0.495 e. The van der Waals surface area contributed by atoms with E-state index in [4.69, 9.17) is 16.3 Å². The Bertz CT molecular complexity index is 1430. The fraction of sp³-hybridized carbons (Fsp3) is 0.355. The smallest absolute Gasteiger partial charge is 0.264 e. The van der Waals surface area contributed by atoms with Crippen LogP contribution in [0, 0.1) is 6.92 Å². The number of methoxy groups -OCH3 is 1. The fourth-order valence-corrected chi connectivity index (χ4v) is 6.04. The highest BCUT2D eigenvalue weighted by Gasteiger charge is 2.34. The average Bonchev–Trinajstić information content (AvgIpc) is 2.97. The zero-order chi connectivity index (χ0) is 30.0. The van der Waals surface area contributed by atoms with E-state index in [1.54, 1.807) is 60.7 Å². The van der Waals surface area contributed by atoms with Crippen molar-refractivity contribution in [3.8, 4) is 5.75 Å². The Labute approximate surface area is 248 Å². The van der Waals surface area contributed by atoms with Crippen molar-refractivity contribution in [3.05, 3.63) is 88.9 Å². The maximum absolute atomic E-state index is 14.2. The highest BCUT2D eigenvalue weighted by atomic mass is 35.5. The predicted octanol–water partition coefficient (Wildman–Crippen LogP) is 5.58. The summed E-state index contributed by atoms with van der Waals surface area (Å²) in [4.78, 5) is 28.9. The maximum Gasteiger partial charge on any atom is 0.264 e. The van der Waals surface area contributed by atoms with Gasteiger partial charge in [0.25, 0.3) is 10.0 Å². The summed E-state index contributed by atoms with van der Waals surface area (Å²) in [6, 6.07) is 19.3. The molecule has 220 valence electrons. The lowest BCUT2D eigenvalue weighted by molar-refractivity contribution is -0.140. The molecule has 3 rings (SSSR count). The fourth-order valence-electron chi connectivity index (χ4n) is 4.42. The lowest BCUT2D eigenvalue weighted by Gasteiger charge is -2.33. The van der Waals surface area contributed by atoms with Gasteiger partial charge in [-0.1, -0.05) is 79.9 Å². The molecule has 0 saturated carbocycles. The van der Waals surface area contributed by atoms with Crippen LogP contribution in [0.25, 0.3) is 0 Å². The van der Waals surface area contributed by atoms with Gasteiger partial charge in [0.2, 0.25) is 11.8 Å². The van der Waals surface area contributed by atoms with Gasteiger partial charge in [-0.2, -0.15) is 0 Å². The quantitative estimate of drug-likeness (QED) is 0.244. The molecule has 41 heavy (non-hydrogen) atoms. The van der Waals surface area contributed by atoms with Gasteiger partial charge >= 0.3 is 0 Å². The molecule has 0 saturated heterocycles. The summed E-state index contributed by atoms with van der Waals surface area (Å²) in [6.07, 6.45) is 2.04. The number of hydrogen-bond donors (Lipinski definition) is 1. The molecule has 0 fully saturated rings. The zero-order valence-corrected chi connectivity index (χ0v) is 25.5. The Hall–Kier alpha value is -3.56. The number of amides is 2. The molecule has 0 radical (unpaired) electrons. The summed E-state index contributed by atoms with van der Waals surface area (Å²) in [5, 5.41) is 3.36. The number of nitrogens with zero attached hydrogens (tertiary/aromatic N) is 2. The standard InChI is InChI=1S/C31H38ClN3O5S/c1-5-7-20-33-31(37)27(6-2)34(21-24-12-8-9-13-26(24)32)30(36)22-35(28-14-10-11-15-29(28)40-4)41(38,39)25-18-16-23(3)17-19-25/h8-19,27H,5-7,20-22H2,1-4H3,(H,33,37)/t27-/m1/s1. The Morgan fingerprint density at radius 2 is 1.63 bits per heavy atom. The number of unbranched alkanes of at least 4 members (excludes halogenated alkanes) is 1. The number of anilines is 1. The number of rotatable bonds is 14. The summed E-state index contributed by atoms with van der Waals surface area (Å²) in [7, 11) is -2.76. The van der Waals surface area contributed by atoms with Crippen LogP contribution in [-0.4, -0.2) is 51.4 Å². The number of ether oxygens (including phenoxy) is 1. The number of aryl methyl sites for hydroxylation is 1. The minimum atomic E-state index is -4.20. The molecule has 0 aromatic heterocycles. The topological polar surface area (TPSA) is 96.0 Å². The van der Waals surface area contributed by atoms with Crippen LogP contribution in [0.3, 0.4) is 0 Å². The maximum atomic E-state index is 14.2. The highest BCUT2D eigenvalue weighted by Crippen LogP contribution is 2.33. The first kappa shape index (κ1) is 32.0. The van der Waals surface area contributed by atoms with Crippen molar-refractivity contribution < 1.29 is 22.7 Å². The number of sulfonamides is 1. The van der Waals surface area contributed by atoms with Crippen LogP contribution in [-0.2, 0) is 26.2 Å². The Morgan fingerprint density at radius 1 is 0.976 bits per heavy atom. The first-order chi connectivity index (χ1) is 19.6. The van der Waals surface area contributed by atoms with Gasteiger partial charge < -0.3 is 15.0 Å². The molecule has 0 spiro atoms. The van der Waals surface area contributed by atoms with Crippen LogP contribution in [0.1, 0.15) is 44.2 Å². The number of hydrogen-bond acceptors (Lipinski definition) is 5. The highest BCUT2D eigenvalue weighted by molar-refractivity contribution is 7.92. The van der Waals surface area contributed by atoms with Crippen LogP contribution in [0.2, 0.25) is 5.02 Å². The second-order valence-corrected chi connectivity index (χ2v) is 11.9. The Balaban J connectivity index is 2.08. The van der Waals surface area contributed by atoms with Crippen molar-refractivity contribution in [2.24, 2.45) is 0 Å². The van der Waals surface area contributed by atoms with Crippen molar-refractivity contribution in [3.63, 3.8) is 0 Å². The van der Waals surface area contributed by atoms with E-state index in [-0.39, 0.29) is 28.8 Å². The van der Waals surface area contributed by atoms with Gasteiger partial charge in [-0.05, 0) is 55.7 Å². The third-order valence-electron chi connectivity index (χ3n) is 6.76. The minimum absolute atomic E-state index is 0.0303. The molecular formula is C31H38ClN3O5S. The van der Waals surface area contributed by atoms with E-state index >= 15 is 0 Å². The third kappa shape index (κ3) is 8.01. The van der Waals surface area contributed by atoms with E-state index in [9.17, 15) is 18.0 Å². The molecule has 0 bridgehead atoms. The molecule has 0 aliphatic rings. The normalized spacial score (nSPS) is 11.9. The lowest BCUT2D eigenvalue weighted by atomic mass is 10.1. The molecular weight excluding hydrogens is 562 g/mol. The summed E-state index contributed by atoms with van der Waals surface area (Å²) in [5.74, 6) is -0.561. The molecule has 2 amide bonds. The van der Waals surface area contributed by atoms with Gasteiger partial charge in [-0.25, -0.2) is 8.42 Å². The van der Waals surface area contributed by atoms with Crippen molar-refractivity contribution in [2.45, 2.75) is 57.5 Å². The molecule has 1 atom stereocenters. The van der Waals surface area contributed by atoms with E-state index in [1.165, 1.54) is 24.1 Å². The molecule has 3 aromatic rings. The molecule has 0 heterocycles. The predicted molar refractivity (Wildman–Crippen MR) is 163 cm³/mol. The molecule has 0 aliphatic carbocycles. The van der Waals surface area contributed by atoms with E-state index < -0.39 is 28.5 Å². The molecule has 0 aliphatic heterocycles. The SMILES string of the molecule is CCCCNC(=O)[C@@H](CC)N(Cc1ccccc1Cl)C(=O)CN(c1ccccc1OC)S(=O)(=O)c1ccc(C)cc1. The average molecular weight is 600 g/mol. The summed E-state index contributed by atoms with van der Waals surface area (Å²) in [6.45, 7) is 5.66. The van der Waals surface area contributed by atoms with Crippen molar-refractivity contribution in [1.82, 2.24) is 10.2 Å². The molecule has 1 N–H and O–H groups in total. The van der Waals surface area contributed by atoms with Crippen LogP contribution in [0.15, 0.2) is 77.7 Å². The number of nitrogens with one attached hydrogen (secondary N) is 1. The van der Waals surface area contributed by atoms with Crippen molar-refractivity contribution in [1.29, 1.82) is 0 Å². The van der Waals surface area contributed by atoms with Crippen molar-refractivity contribution in [2.75, 3.05) is 24.5 Å². The first-order valence-electron chi connectivity index (χ1n) is 13.7. The second kappa shape index (κ2) is 14.9. The van der Waals surface area contributed by atoms with Gasteiger partial charge in [0.05, 0.1) is 17.7 Å². The van der Waals surface area contributed by atoms with E-state index in [2.05, 4.69) is 5.32 Å². The molecule has 10 heteroatoms. The lowest BCUT2D eigenvalue weighted by Crippen LogP contribution is -2.52. The molecule has 3 aromatic carbocycles. The van der Waals surface area contributed by atoms with E-state index in [0.717, 1.165) is 22.7 Å². The zero-order valence-electron chi connectivity index (χ0n) is 24.0. The number of benzene rings is 3. The van der Waals surface area contributed by atoms with E-state index in [1.807, 2.05) is 20.8 Å². The Kier molecular flexibility index (Phi) is 11.6. The monoisotopic (exact) mass is 599 g/mol. The van der Waals surface area contributed by atoms with Crippen LogP contribution in [0.5, 0.6) is 5.75 Å². The number of para-hydroxylation sites is 2. The second-order valence-electron chi connectivity index (χ2n) is 9.68. The van der Waals surface area contributed by atoms with E-state index in [0.29, 0.717) is 23.6 Å². The van der Waals surface area contributed by atoms with Gasteiger partial charge in [-0.15, -0.1) is 0 Å². The summed E-state index contributed by atoms with van der Waals surface area (Å²) < 4.78 is 34.6. The van der Waals surface area contributed by atoms with Crippen LogP contribution in [0.4, 0.5) is 5.69 Å². The van der Waals surface area contributed by atoms with Gasteiger partial charge in [0, 0.05) is 18.1 Å².